The van der Waals surface area contributed by atoms with Crippen LogP contribution in [0.4, 0.5) is 11.4 Å². The predicted octanol–water partition coefficient (Wildman–Crippen LogP) is 3.64. The van der Waals surface area contributed by atoms with E-state index in [1.54, 1.807) is 0 Å². The zero-order valence-corrected chi connectivity index (χ0v) is 18.6. The molecule has 0 aliphatic rings. The van der Waals surface area contributed by atoms with Crippen molar-refractivity contribution in [1.82, 2.24) is 0 Å². The van der Waals surface area contributed by atoms with Crippen molar-refractivity contribution < 1.29 is 29.1 Å². The lowest BCUT2D eigenvalue weighted by molar-refractivity contribution is -0.385. The lowest BCUT2D eigenvalue weighted by Crippen LogP contribution is -2.08. The zero-order chi connectivity index (χ0) is 25.5. The van der Waals surface area contributed by atoms with E-state index < -0.39 is 36.3 Å². The van der Waals surface area contributed by atoms with Gasteiger partial charge in [-0.3, -0.25) is 20.2 Å². The number of nitrogens with zero attached hydrogens (tertiary/aromatic N) is 2. The average molecular weight is 481 g/mol. The van der Waals surface area contributed by atoms with E-state index in [0.717, 1.165) is 12.3 Å². The van der Waals surface area contributed by atoms with E-state index in [0.29, 0.717) is 0 Å². The van der Waals surface area contributed by atoms with Crippen molar-refractivity contribution in [2.75, 3.05) is 0 Å². The van der Waals surface area contributed by atoms with Crippen molar-refractivity contribution in [2.45, 2.75) is 25.0 Å². The Morgan fingerprint density at radius 1 is 1.03 bits per heavy atom. The van der Waals surface area contributed by atoms with Crippen molar-refractivity contribution in [3.8, 4) is 24.7 Å². The zero-order valence-electron chi connectivity index (χ0n) is 17.7. The Morgan fingerprint density at radius 3 is 1.94 bits per heavy atom. The summed E-state index contributed by atoms with van der Waals surface area (Å²) < 4.78 is 11.1. The third-order valence-electron chi connectivity index (χ3n) is 4.63. The lowest BCUT2D eigenvalue weighted by atomic mass is 10.1. The van der Waals surface area contributed by atoms with Gasteiger partial charge in [0.25, 0.3) is 19.0 Å². The number of hydrogen-bond acceptors (Lipinski definition) is 8. The maximum Gasteiger partial charge on any atom is 0.457 e. The number of aliphatic hydroxyl groups excluding tert-OH is 2. The van der Waals surface area contributed by atoms with Crippen molar-refractivity contribution in [2.24, 2.45) is 0 Å². The summed E-state index contributed by atoms with van der Waals surface area (Å²) in [5.41, 5.74) is -0.0676. The van der Waals surface area contributed by atoms with Gasteiger partial charge in [0.2, 0.25) is 0 Å². The first-order valence-corrected chi connectivity index (χ1v) is 11.4. The minimum atomic E-state index is -3.46. The van der Waals surface area contributed by atoms with Crippen molar-refractivity contribution >= 4 is 26.5 Å². The number of rotatable bonds is 11. The Kier molecular flexibility index (Phi) is 8.91. The normalized spacial score (nSPS) is 14.0. The Balaban J connectivity index is 2.43. The third kappa shape index (κ3) is 6.41. The summed E-state index contributed by atoms with van der Waals surface area (Å²) in [5.74, 6) is 4.22. The van der Waals surface area contributed by atoms with Crippen LogP contribution in [0.1, 0.15) is 34.5 Å². The molecule has 10 nitrogen and oxygen atoms in total. The first kappa shape index (κ1) is 26.5. The highest BCUT2D eigenvalue weighted by Gasteiger charge is 2.40. The molecule has 0 saturated carbocycles. The Labute approximate surface area is 197 Å². The molecule has 34 heavy (non-hydrogen) atoms. The molecule has 2 aromatic carbocycles. The summed E-state index contributed by atoms with van der Waals surface area (Å²) in [4.78, 5) is 21.6. The number of terminal acetylenes is 2. The second-order valence-electron chi connectivity index (χ2n) is 6.86. The first-order chi connectivity index (χ1) is 16.0. The minimum absolute atomic E-state index is 0.0466. The molecule has 2 radical (unpaired) electrons. The molecule has 0 amide bonds. The molecule has 0 heterocycles. The highest BCUT2D eigenvalue weighted by Crippen LogP contribution is 2.61. The lowest BCUT2D eigenvalue weighted by Gasteiger charge is -2.20. The molecule has 172 valence electrons. The molecule has 3 atom stereocenters. The minimum Gasteiger partial charge on any atom is -0.376 e. The van der Waals surface area contributed by atoms with Crippen LogP contribution in [-0.4, -0.2) is 27.6 Å². The van der Waals surface area contributed by atoms with Crippen LogP contribution in [0.2, 0.25) is 0 Å². The van der Waals surface area contributed by atoms with Gasteiger partial charge in [-0.05, 0) is 35.4 Å². The molecule has 0 spiro atoms. The molecule has 2 N–H and O–H groups in total. The molecule has 0 bridgehead atoms. The van der Waals surface area contributed by atoms with Crippen LogP contribution in [-0.2, 0) is 21.8 Å². The second kappa shape index (κ2) is 11.4. The van der Waals surface area contributed by atoms with Gasteiger partial charge in [0, 0.05) is 12.1 Å². The van der Waals surface area contributed by atoms with Gasteiger partial charge in [-0.1, -0.05) is 18.4 Å². The van der Waals surface area contributed by atoms with Crippen LogP contribution in [0.3, 0.4) is 0 Å². The van der Waals surface area contributed by atoms with Crippen molar-refractivity contribution in [1.29, 1.82) is 0 Å². The van der Waals surface area contributed by atoms with E-state index in [2.05, 4.69) is 18.4 Å². The molecule has 0 saturated heterocycles. The maximum absolute atomic E-state index is 11.5. The summed E-state index contributed by atoms with van der Waals surface area (Å²) in [6.45, 7) is 3.00. The highest BCUT2D eigenvalue weighted by atomic mass is 31.2. The molecule has 0 aliphatic heterocycles. The van der Waals surface area contributed by atoms with E-state index in [1.807, 2.05) is 0 Å². The van der Waals surface area contributed by atoms with E-state index in [9.17, 15) is 30.4 Å². The largest absolute Gasteiger partial charge is 0.457 e. The Morgan fingerprint density at radius 2 is 1.50 bits per heavy atom. The van der Waals surface area contributed by atoms with Gasteiger partial charge in [-0.25, -0.2) is 4.52 Å². The van der Waals surface area contributed by atoms with E-state index in [4.69, 9.17) is 29.5 Å². The monoisotopic (exact) mass is 481 g/mol. The summed E-state index contributed by atoms with van der Waals surface area (Å²) in [5, 5.41) is 42.7. The van der Waals surface area contributed by atoms with Gasteiger partial charge < -0.3 is 14.7 Å². The quantitative estimate of drug-likeness (QED) is 0.124. The number of nitro groups is 2. The standard InChI is InChI=1S/C22H19BN2O8P/c1-4-21(26)15-7-9-19(24(28)29)17(11-15)13-33-34(23,32-6-3)14-18-12-16(22(27)5-2)8-10-20(18)25(30)31/h1-2,6-12,21-22,26-27H,3,13-14H2/q+1. The van der Waals surface area contributed by atoms with Gasteiger partial charge in [-0.2, -0.15) is 0 Å². The fourth-order valence-electron chi connectivity index (χ4n) is 3.00. The Bertz CT molecular complexity index is 1190. The molecule has 2 rings (SSSR count). The van der Waals surface area contributed by atoms with Crippen LogP contribution in [0, 0.1) is 44.9 Å². The number of benzene rings is 2. The average Bonchev–Trinajstić information content (AvgIpc) is 2.81. The number of hydrogen-bond donors (Lipinski definition) is 2. The van der Waals surface area contributed by atoms with Crippen LogP contribution < -0.4 is 0 Å². The van der Waals surface area contributed by atoms with Crippen LogP contribution in [0.5, 0.6) is 0 Å². The molecule has 0 aromatic heterocycles. The SMILES string of the molecule is [B][P+](Cc1cc(C(O)C#C)ccc1[N+](=O)[O-])(OC=C)OCc1cc(C(O)C#C)ccc1[N+](=O)[O-]. The summed E-state index contributed by atoms with van der Waals surface area (Å²) >= 11 is 0. The predicted molar refractivity (Wildman–Crippen MR) is 126 cm³/mol. The number of nitro benzene ring substituents is 2. The summed E-state index contributed by atoms with van der Waals surface area (Å²) in [6.07, 6.45) is 8.51. The topological polar surface area (TPSA) is 145 Å². The van der Waals surface area contributed by atoms with Crippen LogP contribution in [0.25, 0.3) is 0 Å². The second-order valence-corrected chi connectivity index (χ2v) is 9.10. The van der Waals surface area contributed by atoms with Crippen LogP contribution >= 0.6 is 7.59 Å². The van der Waals surface area contributed by atoms with Gasteiger partial charge in [0.05, 0.1) is 21.0 Å². The number of aliphatic hydroxyl groups is 2. The molecule has 0 fully saturated rings. The van der Waals surface area contributed by atoms with Gasteiger partial charge in [0.1, 0.15) is 31.2 Å². The smallest absolute Gasteiger partial charge is 0.376 e. The fraction of sp³-hybridized carbons (Fsp3) is 0.182. The molecule has 2 aromatic rings. The molecule has 3 unspecified atom stereocenters. The molecular weight excluding hydrogens is 462 g/mol. The molecular formula is C22H19BN2O8P+. The fourth-order valence-corrected chi connectivity index (χ4v) is 4.56. The van der Waals surface area contributed by atoms with Crippen molar-refractivity contribution in [3.05, 3.63) is 91.7 Å². The Hall–Kier alpha value is -3.73. The molecule has 12 heteroatoms. The first-order valence-electron chi connectivity index (χ1n) is 9.48. The summed E-state index contributed by atoms with van der Waals surface area (Å²) in [6, 6.07) is 7.56. The van der Waals surface area contributed by atoms with E-state index in [1.165, 1.54) is 30.3 Å². The maximum atomic E-state index is 11.5. The third-order valence-corrected chi connectivity index (χ3v) is 6.48. The van der Waals surface area contributed by atoms with Crippen molar-refractivity contribution in [3.63, 3.8) is 0 Å². The van der Waals surface area contributed by atoms with E-state index in [-0.39, 0.29) is 39.8 Å². The van der Waals surface area contributed by atoms with Gasteiger partial charge in [0.15, 0.2) is 0 Å². The highest BCUT2D eigenvalue weighted by molar-refractivity contribution is 7.89. The summed E-state index contributed by atoms with van der Waals surface area (Å²) in [7, 11) is 2.83. The van der Waals surface area contributed by atoms with Gasteiger partial charge in [-0.15, -0.1) is 12.8 Å². The van der Waals surface area contributed by atoms with Crippen LogP contribution in [0.15, 0.2) is 49.2 Å². The molecule has 0 aliphatic carbocycles. The van der Waals surface area contributed by atoms with Gasteiger partial charge >= 0.3 is 7.57 Å². The van der Waals surface area contributed by atoms with E-state index >= 15 is 0 Å².